The zero-order chi connectivity index (χ0) is 20.8. The van der Waals surface area contributed by atoms with Crippen LogP contribution >= 0.6 is 0 Å². The van der Waals surface area contributed by atoms with E-state index in [0.29, 0.717) is 12.1 Å². The van der Waals surface area contributed by atoms with Gasteiger partial charge in [0.15, 0.2) is 0 Å². The van der Waals surface area contributed by atoms with E-state index < -0.39 is 0 Å². The van der Waals surface area contributed by atoms with E-state index in [4.69, 9.17) is 24.4 Å². The molecule has 31 heavy (non-hydrogen) atoms. The van der Waals surface area contributed by atoms with Crippen LogP contribution in [-0.4, -0.2) is 59.3 Å². The molecule has 2 atom stereocenters. The van der Waals surface area contributed by atoms with Crippen LogP contribution in [0.25, 0.3) is 10.9 Å². The van der Waals surface area contributed by atoms with Crippen LogP contribution in [0, 0.1) is 0 Å². The van der Waals surface area contributed by atoms with Crippen molar-refractivity contribution in [3.8, 4) is 5.75 Å². The van der Waals surface area contributed by atoms with Gasteiger partial charge in [0, 0.05) is 55.3 Å². The smallest absolute Gasteiger partial charge is 0.225 e. The Labute approximate surface area is 182 Å². The fraction of sp³-hybridized carbons (Fsp3) is 0.458. The Kier molecular flexibility index (Phi) is 4.73. The van der Waals surface area contributed by atoms with Crippen LogP contribution in [0.15, 0.2) is 36.5 Å². The van der Waals surface area contributed by atoms with Gasteiger partial charge in [-0.3, -0.25) is 4.90 Å². The third-order valence-electron chi connectivity index (χ3n) is 6.92. The van der Waals surface area contributed by atoms with Gasteiger partial charge in [0.2, 0.25) is 5.95 Å². The third-order valence-corrected chi connectivity index (χ3v) is 6.92. The first-order valence-corrected chi connectivity index (χ1v) is 11.2. The molecule has 7 nitrogen and oxygen atoms in total. The molecule has 3 aliphatic rings. The van der Waals surface area contributed by atoms with Gasteiger partial charge in [-0.05, 0) is 25.0 Å². The minimum atomic E-state index is 0.377. The predicted octanol–water partition coefficient (Wildman–Crippen LogP) is 3.13. The SMILES string of the molecule is COc1cccc2ccc(CN3[C@@H]4CC[C@@H]3c3cnc(N5CCOCC5)nc3C4)nc12. The summed E-state index contributed by atoms with van der Waals surface area (Å²) in [6.07, 6.45) is 5.42. The number of benzene rings is 1. The topological polar surface area (TPSA) is 63.6 Å². The summed E-state index contributed by atoms with van der Waals surface area (Å²) < 4.78 is 11.0. The molecule has 160 valence electrons. The van der Waals surface area contributed by atoms with Crippen molar-refractivity contribution < 1.29 is 9.47 Å². The molecule has 0 unspecified atom stereocenters. The number of fused-ring (bicyclic) bond motifs is 5. The Morgan fingerprint density at radius 2 is 2.00 bits per heavy atom. The molecule has 1 aromatic carbocycles. The highest BCUT2D eigenvalue weighted by Crippen LogP contribution is 2.44. The fourth-order valence-electron chi connectivity index (χ4n) is 5.33. The van der Waals surface area contributed by atoms with E-state index in [9.17, 15) is 0 Å². The molecule has 7 heteroatoms. The Balaban J connectivity index is 1.27. The lowest BCUT2D eigenvalue weighted by Gasteiger charge is -2.36. The summed E-state index contributed by atoms with van der Waals surface area (Å²) in [5.74, 6) is 1.69. The highest BCUT2D eigenvalue weighted by atomic mass is 16.5. The molecule has 2 bridgehead atoms. The summed E-state index contributed by atoms with van der Waals surface area (Å²) in [4.78, 5) is 19.5. The largest absolute Gasteiger partial charge is 0.494 e. The second kappa shape index (κ2) is 7.73. The number of hydrogen-bond donors (Lipinski definition) is 0. The highest BCUT2D eigenvalue weighted by molar-refractivity contribution is 5.84. The van der Waals surface area contributed by atoms with E-state index in [1.165, 1.54) is 17.7 Å². The molecule has 3 aromatic rings. The molecule has 0 radical (unpaired) electrons. The molecule has 2 fully saturated rings. The second-order valence-corrected chi connectivity index (χ2v) is 8.63. The summed E-state index contributed by atoms with van der Waals surface area (Å²) in [5.41, 5.74) is 4.55. The molecule has 0 aliphatic carbocycles. The number of rotatable bonds is 4. The zero-order valence-electron chi connectivity index (χ0n) is 17.8. The quantitative estimate of drug-likeness (QED) is 0.646. The minimum absolute atomic E-state index is 0.377. The van der Waals surface area contributed by atoms with E-state index in [1.807, 2.05) is 12.1 Å². The van der Waals surface area contributed by atoms with Gasteiger partial charge in [-0.1, -0.05) is 18.2 Å². The van der Waals surface area contributed by atoms with Crippen LogP contribution in [-0.2, 0) is 17.7 Å². The normalized spacial score (nSPS) is 23.2. The molecular formula is C24H27N5O2. The van der Waals surface area contributed by atoms with Crippen LogP contribution in [0.3, 0.4) is 0 Å². The van der Waals surface area contributed by atoms with Gasteiger partial charge in [0.1, 0.15) is 11.3 Å². The molecule has 0 amide bonds. The van der Waals surface area contributed by atoms with E-state index in [2.05, 4.69) is 34.2 Å². The summed E-state index contributed by atoms with van der Waals surface area (Å²) >= 11 is 0. The van der Waals surface area contributed by atoms with Crippen molar-refractivity contribution in [1.29, 1.82) is 0 Å². The fourth-order valence-corrected chi connectivity index (χ4v) is 5.33. The number of morpholine rings is 1. The standard InChI is InChI=1S/C24H27N5O2/c1-30-22-4-2-3-16-5-6-17(26-23(16)22)15-29-18-7-8-21(29)19-14-25-24(27-20(19)13-18)28-9-11-31-12-10-28/h2-6,14,18,21H,7-13,15H2,1H3/t18-,21-/m1/s1. The maximum atomic E-state index is 5.53. The summed E-state index contributed by atoms with van der Waals surface area (Å²) in [6, 6.07) is 11.3. The van der Waals surface area contributed by atoms with Gasteiger partial charge >= 0.3 is 0 Å². The van der Waals surface area contributed by atoms with Crippen molar-refractivity contribution in [1.82, 2.24) is 19.9 Å². The van der Waals surface area contributed by atoms with Crippen LogP contribution in [0.4, 0.5) is 5.95 Å². The molecule has 0 N–H and O–H groups in total. The summed E-state index contributed by atoms with van der Waals surface area (Å²) in [6.45, 7) is 4.09. The maximum absolute atomic E-state index is 5.53. The highest BCUT2D eigenvalue weighted by Gasteiger charge is 2.41. The van der Waals surface area contributed by atoms with Crippen molar-refractivity contribution in [3.63, 3.8) is 0 Å². The van der Waals surface area contributed by atoms with Crippen LogP contribution in [0.1, 0.15) is 35.8 Å². The minimum Gasteiger partial charge on any atom is -0.494 e. The van der Waals surface area contributed by atoms with E-state index in [0.717, 1.165) is 74.0 Å². The molecule has 5 heterocycles. The molecular weight excluding hydrogens is 390 g/mol. The summed E-state index contributed by atoms with van der Waals surface area (Å²) in [5, 5.41) is 1.11. The summed E-state index contributed by atoms with van der Waals surface area (Å²) in [7, 11) is 1.70. The molecule has 0 spiro atoms. The lowest BCUT2D eigenvalue weighted by atomic mass is 9.99. The second-order valence-electron chi connectivity index (χ2n) is 8.63. The lowest BCUT2D eigenvalue weighted by Crippen LogP contribution is -2.40. The third kappa shape index (κ3) is 3.32. The van der Waals surface area contributed by atoms with E-state index >= 15 is 0 Å². The van der Waals surface area contributed by atoms with E-state index in [1.54, 1.807) is 7.11 Å². The van der Waals surface area contributed by atoms with Crippen molar-refractivity contribution in [2.45, 2.75) is 37.9 Å². The van der Waals surface area contributed by atoms with Gasteiger partial charge < -0.3 is 14.4 Å². The molecule has 3 aliphatic heterocycles. The lowest BCUT2D eigenvalue weighted by molar-refractivity contribution is 0.122. The number of para-hydroxylation sites is 1. The van der Waals surface area contributed by atoms with Gasteiger partial charge in [-0.25, -0.2) is 15.0 Å². The van der Waals surface area contributed by atoms with Crippen molar-refractivity contribution in [3.05, 3.63) is 53.5 Å². The first-order valence-electron chi connectivity index (χ1n) is 11.2. The van der Waals surface area contributed by atoms with Crippen LogP contribution in [0.2, 0.25) is 0 Å². The zero-order valence-corrected chi connectivity index (χ0v) is 17.8. The monoisotopic (exact) mass is 417 g/mol. The van der Waals surface area contributed by atoms with Crippen molar-refractivity contribution >= 4 is 16.9 Å². The average molecular weight is 418 g/mol. The van der Waals surface area contributed by atoms with Crippen LogP contribution in [0.5, 0.6) is 5.75 Å². The number of aromatic nitrogens is 3. The molecule has 0 saturated carbocycles. The van der Waals surface area contributed by atoms with Crippen LogP contribution < -0.4 is 9.64 Å². The number of methoxy groups -OCH3 is 1. The first-order chi connectivity index (χ1) is 15.3. The van der Waals surface area contributed by atoms with Crippen molar-refractivity contribution in [2.75, 3.05) is 38.3 Å². The Morgan fingerprint density at radius 3 is 2.87 bits per heavy atom. The van der Waals surface area contributed by atoms with Gasteiger partial charge in [0.05, 0.1) is 31.7 Å². The molecule has 2 aromatic heterocycles. The predicted molar refractivity (Wildman–Crippen MR) is 118 cm³/mol. The Hall–Kier alpha value is -2.77. The van der Waals surface area contributed by atoms with Crippen molar-refractivity contribution in [2.24, 2.45) is 0 Å². The molecule has 6 rings (SSSR count). The maximum Gasteiger partial charge on any atom is 0.225 e. The number of ether oxygens (including phenoxy) is 2. The average Bonchev–Trinajstić information content (AvgIpc) is 3.10. The number of anilines is 1. The van der Waals surface area contributed by atoms with E-state index in [-0.39, 0.29) is 0 Å². The number of pyridine rings is 1. The van der Waals surface area contributed by atoms with Gasteiger partial charge in [0.25, 0.3) is 0 Å². The molecule has 2 saturated heterocycles. The van der Waals surface area contributed by atoms with Gasteiger partial charge in [-0.15, -0.1) is 0 Å². The first kappa shape index (κ1) is 19.0. The number of nitrogens with zero attached hydrogens (tertiary/aromatic N) is 5. The van der Waals surface area contributed by atoms with Gasteiger partial charge in [-0.2, -0.15) is 0 Å². The number of hydrogen-bond acceptors (Lipinski definition) is 7. The Morgan fingerprint density at radius 1 is 1.10 bits per heavy atom. The Bertz CT molecular complexity index is 1110.